The Balaban J connectivity index is 2.54. The maximum Gasteiger partial charge on any atom is 0.135 e. The monoisotopic (exact) mass is 260 g/mol. The van der Waals surface area contributed by atoms with Gasteiger partial charge >= 0.3 is 0 Å². The lowest BCUT2D eigenvalue weighted by molar-refractivity contribution is -0.115. The SMILES string of the molecule is CC(=O)CC(C)=NCCN=C(C)c1ccccc1O. The van der Waals surface area contributed by atoms with Gasteiger partial charge in [0.15, 0.2) is 0 Å². The molecule has 102 valence electrons. The smallest absolute Gasteiger partial charge is 0.135 e. The number of aliphatic imine (C=N–C) groups is 2. The molecule has 0 saturated heterocycles. The van der Waals surface area contributed by atoms with Crippen molar-refractivity contribution >= 4 is 17.2 Å². The number of phenols is 1. The van der Waals surface area contributed by atoms with Crippen LogP contribution >= 0.6 is 0 Å². The Morgan fingerprint density at radius 2 is 1.74 bits per heavy atom. The summed E-state index contributed by atoms with van der Waals surface area (Å²) < 4.78 is 0. The summed E-state index contributed by atoms with van der Waals surface area (Å²) in [6.45, 7) is 6.38. The third kappa shape index (κ3) is 5.46. The van der Waals surface area contributed by atoms with E-state index in [1.165, 1.54) is 0 Å². The van der Waals surface area contributed by atoms with Gasteiger partial charge in [-0.25, -0.2) is 0 Å². The van der Waals surface area contributed by atoms with Gasteiger partial charge in [0.25, 0.3) is 0 Å². The highest BCUT2D eigenvalue weighted by Gasteiger charge is 2.02. The van der Waals surface area contributed by atoms with E-state index in [0.717, 1.165) is 17.0 Å². The van der Waals surface area contributed by atoms with Crippen molar-refractivity contribution in [1.29, 1.82) is 0 Å². The van der Waals surface area contributed by atoms with E-state index in [1.807, 2.05) is 26.0 Å². The van der Waals surface area contributed by atoms with E-state index in [2.05, 4.69) is 9.98 Å². The number of carbonyl (C=O) groups excluding carboxylic acids is 1. The number of nitrogens with zero attached hydrogens (tertiary/aromatic N) is 2. The molecule has 0 amide bonds. The predicted molar refractivity (Wildman–Crippen MR) is 78.5 cm³/mol. The lowest BCUT2D eigenvalue weighted by atomic mass is 10.1. The van der Waals surface area contributed by atoms with E-state index in [9.17, 15) is 9.90 Å². The third-order valence-electron chi connectivity index (χ3n) is 2.63. The second kappa shape index (κ2) is 7.46. The van der Waals surface area contributed by atoms with Crippen LogP contribution in [0.1, 0.15) is 32.8 Å². The minimum absolute atomic E-state index is 0.120. The number of phenolic OH excluding ortho intramolecular Hbond substituents is 1. The summed E-state index contributed by atoms with van der Waals surface area (Å²) in [5.74, 6) is 0.357. The zero-order valence-electron chi connectivity index (χ0n) is 11.7. The van der Waals surface area contributed by atoms with E-state index in [4.69, 9.17) is 0 Å². The number of benzene rings is 1. The Morgan fingerprint density at radius 3 is 2.37 bits per heavy atom. The quantitative estimate of drug-likeness (QED) is 0.631. The Labute approximate surface area is 113 Å². The van der Waals surface area contributed by atoms with Crippen molar-refractivity contribution < 1.29 is 9.90 Å². The number of para-hydroxylation sites is 1. The van der Waals surface area contributed by atoms with Crippen molar-refractivity contribution in [1.82, 2.24) is 0 Å². The number of carbonyl (C=O) groups is 1. The van der Waals surface area contributed by atoms with Crippen LogP contribution in [-0.2, 0) is 4.79 Å². The Hall–Kier alpha value is -1.97. The van der Waals surface area contributed by atoms with Crippen molar-refractivity contribution in [2.45, 2.75) is 27.2 Å². The van der Waals surface area contributed by atoms with Gasteiger partial charge in [0.2, 0.25) is 0 Å². The first-order chi connectivity index (χ1) is 9.00. The van der Waals surface area contributed by atoms with Gasteiger partial charge in [-0.05, 0) is 32.9 Å². The minimum Gasteiger partial charge on any atom is -0.507 e. The van der Waals surface area contributed by atoms with Crippen molar-refractivity contribution in [3.63, 3.8) is 0 Å². The highest BCUT2D eigenvalue weighted by molar-refractivity contribution is 6.01. The van der Waals surface area contributed by atoms with Gasteiger partial charge < -0.3 is 5.11 Å². The summed E-state index contributed by atoms with van der Waals surface area (Å²) in [5, 5.41) is 9.68. The molecule has 0 aliphatic heterocycles. The lowest BCUT2D eigenvalue weighted by Gasteiger charge is -2.03. The van der Waals surface area contributed by atoms with Gasteiger partial charge in [-0.3, -0.25) is 14.8 Å². The largest absolute Gasteiger partial charge is 0.507 e. The lowest BCUT2D eigenvalue weighted by Crippen LogP contribution is -2.03. The molecule has 0 bridgehead atoms. The first-order valence-corrected chi connectivity index (χ1v) is 6.29. The molecule has 0 unspecified atom stereocenters. The number of hydrogen-bond donors (Lipinski definition) is 1. The number of aromatic hydroxyl groups is 1. The molecule has 0 fully saturated rings. The maximum absolute atomic E-state index is 10.9. The van der Waals surface area contributed by atoms with Crippen LogP contribution < -0.4 is 0 Å². The number of Topliss-reactive ketones (excluding diaryl/α,β-unsaturated/α-hetero) is 1. The van der Waals surface area contributed by atoms with Crippen LogP contribution in [0.2, 0.25) is 0 Å². The zero-order chi connectivity index (χ0) is 14.3. The maximum atomic E-state index is 10.9. The molecule has 1 rings (SSSR count). The molecule has 0 spiro atoms. The number of ketones is 1. The highest BCUT2D eigenvalue weighted by atomic mass is 16.3. The van der Waals surface area contributed by atoms with E-state index < -0.39 is 0 Å². The summed E-state index contributed by atoms with van der Waals surface area (Å²) in [6.07, 6.45) is 0.405. The molecule has 4 heteroatoms. The van der Waals surface area contributed by atoms with Crippen LogP contribution in [0, 0.1) is 0 Å². The van der Waals surface area contributed by atoms with E-state index in [1.54, 1.807) is 19.1 Å². The second-order valence-electron chi connectivity index (χ2n) is 4.48. The van der Waals surface area contributed by atoms with Crippen LogP contribution in [0.25, 0.3) is 0 Å². The average molecular weight is 260 g/mol. The van der Waals surface area contributed by atoms with Gasteiger partial charge in [-0.2, -0.15) is 0 Å². The normalized spacial score (nSPS) is 12.6. The molecule has 1 N–H and O–H groups in total. The van der Waals surface area contributed by atoms with Crippen molar-refractivity contribution in [3.8, 4) is 5.75 Å². The second-order valence-corrected chi connectivity index (χ2v) is 4.48. The molecule has 0 aromatic heterocycles. The molecule has 0 atom stereocenters. The molecule has 1 aromatic carbocycles. The Morgan fingerprint density at radius 1 is 1.11 bits per heavy atom. The van der Waals surface area contributed by atoms with Crippen molar-refractivity contribution in [2.75, 3.05) is 13.1 Å². The van der Waals surface area contributed by atoms with Gasteiger partial charge in [0.1, 0.15) is 11.5 Å². The van der Waals surface area contributed by atoms with Crippen LogP contribution in [0.4, 0.5) is 0 Å². The standard InChI is InChI=1S/C15H20N2O2/c1-11(10-12(2)18)16-8-9-17-13(3)14-6-4-5-7-15(14)19/h4-7,19H,8-10H2,1-3H3. The van der Waals surface area contributed by atoms with Crippen LogP contribution in [0.3, 0.4) is 0 Å². The molecule has 0 saturated carbocycles. The average Bonchev–Trinajstić information content (AvgIpc) is 2.34. The fraction of sp³-hybridized carbons (Fsp3) is 0.400. The highest BCUT2D eigenvalue weighted by Crippen LogP contribution is 2.16. The molecule has 0 radical (unpaired) electrons. The first kappa shape index (κ1) is 15.1. The fourth-order valence-electron chi connectivity index (χ4n) is 1.74. The van der Waals surface area contributed by atoms with Crippen LogP contribution in [0.15, 0.2) is 34.3 Å². The summed E-state index contributed by atoms with van der Waals surface area (Å²) in [5.41, 5.74) is 2.37. The van der Waals surface area contributed by atoms with Crippen molar-refractivity contribution in [3.05, 3.63) is 29.8 Å². The van der Waals surface area contributed by atoms with Gasteiger partial charge in [0, 0.05) is 23.4 Å². The molecule has 4 nitrogen and oxygen atoms in total. The topological polar surface area (TPSA) is 62.0 Å². The summed E-state index contributed by atoms with van der Waals surface area (Å²) in [4.78, 5) is 19.5. The van der Waals surface area contributed by atoms with Crippen LogP contribution in [0.5, 0.6) is 5.75 Å². The van der Waals surface area contributed by atoms with Crippen LogP contribution in [-0.4, -0.2) is 35.4 Å². The van der Waals surface area contributed by atoms with Gasteiger partial charge in [-0.15, -0.1) is 0 Å². The van der Waals surface area contributed by atoms with E-state index in [-0.39, 0.29) is 11.5 Å². The zero-order valence-corrected chi connectivity index (χ0v) is 11.7. The fourth-order valence-corrected chi connectivity index (χ4v) is 1.74. The predicted octanol–water partition coefficient (Wildman–Crippen LogP) is 2.64. The third-order valence-corrected chi connectivity index (χ3v) is 2.63. The summed E-state index contributed by atoms with van der Waals surface area (Å²) in [7, 11) is 0. The molecule has 0 aliphatic carbocycles. The van der Waals surface area contributed by atoms with Gasteiger partial charge in [0.05, 0.1) is 13.1 Å². The van der Waals surface area contributed by atoms with E-state index in [0.29, 0.717) is 19.5 Å². The Kier molecular flexibility index (Phi) is 5.93. The van der Waals surface area contributed by atoms with Gasteiger partial charge in [-0.1, -0.05) is 12.1 Å². The molecule has 0 heterocycles. The molecule has 19 heavy (non-hydrogen) atoms. The Bertz CT molecular complexity index is 505. The first-order valence-electron chi connectivity index (χ1n) is 6.29. The van der Waals surface area contributed by atoms with Crippen molar-refractivity contribution in [2.24, 2.45) is 9.98 Å². The van der Waals surface area contributed by atoms with E-state index >= 15 is 0 Å². The molecular formula is C15H20N2O2. The summed E-state index contributed by atoms with van der Waals surface area (Å²) >= 11 is 0. The summed E-state index contributed by atoms with van der Waals surface area (Å²) in [6, 6.07) is 7.12. The molecular weight excluding hydrogens is 240 g/mol. The molecule has 0 aliphatic rings. The number of hydrogen-bond acceptors (Lipinski definition) is 4. The minimum atomic E-state index is 0.120. The molecule has 1 aromatic rings. The number of rotatable bonds is 6.